The summed E-state index contributed by atoms with van der Waals surface area (Å²) in [7, 11) is 1.39. The molecule has 1 unspecified atom stereocenters. The Morgan fingerprint density at radius 3 is 2.31 bits per heavy atom. The minimum Gasteiger partial charge on any atom is -0.469 e. The highest BCUT2D eigenvalue weighted by Crippen LogP contribution is 2.46. The number of rotatable bonds is 3. The Kier molecular flexibility index (Phi) is 4.29. The Morgan fingerprint density at radius 1 is 1.44 bits per heavy atom. The van der Waals surface area contributed by atoms with Crippen molar-refractivity contribution in [3.05, 3.63) is 0 Å². The van der Waals surface area contributed by atoms with Crippen molar-refractivity contribution < 1.29 is 14.6 Å². The van der Waals surface area contributed by atoms with E-state index < -0.39 is 11.0 Å². The lowest BCUT2D eigenvalue weighted by Crippen LogP contribution is -2.56. The number of ether oxygens (including phenoxy) is 1. The third-order valence-corrected chi connectivity index (χ3v) is 5.04. The fourth-order valence-electron chi connectivity index (χ4n) is 2.40. The van der Waals surface area contributed by atoms with E-state index in [9.17, 15) is 9.90 Å². The molecule has 0 radical (unpaired) electrons. The Morgan fingerprint density at radius 2 is 1.94 bits per heavy atom. The maximum atomic E-state index is 12.0. The molecule has 1 aliphatic rings. The van der Waals surface area contributed by atoms with Crippen LogP contribution in [0.25, 0.3) is 0 Å². The molecule has 3 nitrogen and oxygen atoms in total. The fraction of sp³-hybridized carbons (Fsp3) is 0.917. The lowest BCUT2D eigenvalue weighted by molar-refractivity contribution is -0.179. The second kappa shape index (κ2) is 4.96. The SMILES string of the molecule is COC(=O)C(C)(C(C)C)C1(O)CCSCC1. The first-order chi connectivity index (χ1) is 7.38. The number of hydrogen-bond donors (Lipinski definition) is 1. The Balaban J connectivity index is 3.04. The van der Waals surface area contributed by atoms with E-state index in [1.807, 2.05) is 32.5 Å². The largest absolute Gasteiger partial charge is 0.469 e. The second-order valence-electron chi connectivity index (χ2n) is 4.99. The molecule has 94 valence electrons. The summed E-state index contributed by atoms with van der Waals surface area (Å²) >= 11 is 1.83. The number of aliphatic hydroxyl groups is 1. The van der Waals surface area contributed by atoms with Crippen LogP contribution in [0.2, 0.25) is 0 Å². The van der Waals surface area contributed by atoms with Gasteiger partial charge in [0.15, 0.2) is 0 Å². The average Bonchev–Trinajstić information content (AvgIpc) is 2.27. The normalized spacial score (nSPS) is 23.9. The van der Waals surface area contributed by atoms with Gasteiger partial charge < -0.3 is 9.84 Å². The summed E-state index contributed by atoms with van der Waals surface area (Å²) in [6, 6.07) is 0. The number of carbonyl (C=O) groups excluding carboxylic acids is 1. The maximum Gasteiger partial charge on any atom is 0.314 e. The van der Waals surface area contributed by atoms with E-state index in [0.29, 0.717) is 12.8 Å². The maximum absolute atomic E-state index is 12.0. The van der Waals surface area contributed by atoms with Gasteiger partial charge in [0.1, 0.15) is 0 Å². The van der Waals surface area contributed by atoms with Gasteiger partial charge in [-0.3, -0.25) is 4.79 Å². The van der Waals surface area contributed by atoms with Crippen LogP contribution in [-0.4, -0.2) is 35.3 Å². The van der Waals surface area contributed by atoms with Gasteiger partial charge >= 0.3 is 5.97 Å². The molecule has 1 aliphatic heterocycles. The van der Waals surface area contributed by atoms with Crippen molar-refractivity contribution in [3.8, 4) is 0 Å². The van der Waals surface area contributed by atoms with E-state index in [-0.39, 0.29) is 11.9 Å². The minimum atomic E-state index is -0.917. The smallest absolute Gasteiger partial charge is 0.314 e. The molecule has 0 amide bonds. The van der Waals surface area contributed by atoms with E-state index in [2.05, 4.69) is 0 Å². The van der Waals surface area contributed by atoms with Gasteiger partial charge in [0.05, 0.1) is 18.1 Å². The zero-order valence-corrected chi connectivity index (χ0v) is 11.4. The van der Waals surface area contributed by atoms with Crippen molar-refractivity contribution in [1.29, 1.82) is 0 Å². The molecular formula is C12H22O3S. The molecule has 0 aliphatic carbocycles. The molecule has 0 bridgehead atoms. The highest BCUT2D eigenvalue weighted by Gasteiger charge is 2.55. The van der Waals surface area contributed by atoms with Crippen molar-refractivity contribution in [2.75, 3.05) is 18.6 Å². The van der Waals surface area contributed by atoms with Gasteiger partial charge in [0, 0.05) is 0 Å². The van der Waals surface area contributed by atoms with E-state index in [4.69, 9.17) is 4.74 Å². The van der Waals surface area contributed by atoms with Crippen LogP contribution < -0.4 is 0 Å². The van der Waals surface area contributed by atoms with Gasteiger partial charge in [-0.25, -0.2) is 0 Å². The Labute approximate surface area is 102 Å². The molecule has 1 rings (SSSR count). The zero-order valence-electron chi connectivity index (χ0n) is 10.6. The summed E-state index contributed by atoms with van der Waals surface area (Å²) in [5, 5.41) is 10.7. The summed E-state index contributed by atoms with van der Waals surface area (Å²) in [5.74, 6) is 1.59. The molecule has 0 saturated carbocycles. The third-order valence-electron chi connectivity index (χ3n) is 4.05. The molecule has 1 saturated heterocycles. The van der Waals surface area contributed by atoms with Gasteiger partial charge in [0.2, 0.25) is 0 Å². The molecular weight excluding hydrogens is 224 g/mol. The number of hydrogen-bond acceptors (Lipinski definition) is 4. The first-order valence-electron chi connectivity index (χ1n) is 5.77. The van der Waals surface area contributed by atoms with Gasteiger partial charge in [-0.2, -0.15) is 11.8 Å². The van der Waals surface area contributed by atoms with Gasteiger partial charge in [-0.1, -0.05) is 13.8 Å². The summed E-state index contributed by atoms with van der Waals surface area (Å²) < 4.78 is 4.89. The summed E-state index contributed by atoms with van der Waals surface area (Å²) in [4.78, 5) is 12.0. The van der Waals surface area contributed by atoms with Gasteiger partial charge in [-0.15, -0.1) is 0 Å². The zero-order chi connectivity index (χ0) is 12.4. The highest BCUT2D eigenvalue weighted by molar-refractivity contribution is 7.99. The van der Waals surface area contributed by atoms with Crippen LogP contribution in [-0.2, 0) is 9.53 Å². The van der Waals surface area contributed by atoms with E-state index >= 15 is 0 Å². The standard InChI is InChI=1S/C12H22O3S/c1-9(2)11(3,10(13)15-4)12(14)5-7-16-8-6-12/h9,14H,5-8H2,1-4H3. The lowest BCUT2D eigenvalue weighted by atomic mass is 9.63. The van der Waals surface area contributed by atoms with Crippen LogP contribution in [0.3, 0.4) is 0 Å². The molecule has 1 atom stereocenters. The molecule has 1 N–H and O–H groups in total. The predicted molar refractivity (Wildman–Crippen MR) is 66.5 cm³/mol. The quantitative estimate of drug-likeness (QED) is 0.775. The van der Waals surface area contributed by atoms with E-state index in [1.165, 1.54) is 7.11 Å². The first-order valence-corrected chi connectivity index (χ1v) is 6.92. The lowest BCUT2D eigenvalue weighted by Gasteiger charge is -2.47. The average molecular weight is 246 g/mol. The van der Waals surface area contributed by atoms with E-state index in [1.54, 1.807) is 0 Å². The van der Waals surface area contributed by atoms with E-state index in [0.717, 1.165) is 11.5 Å². The van der Waals surface area contributed by atoms with Crippen molar-refractivity contribution in [2.24, 2.45) is 11.3 Å². The Bertz CT molecular complexity index is 259. The summed E-state index contributed by atoms with van der Waals surface area (Å²) in [6.07, 6.45) is 1.34. The van der Waals surface area contributed by atoms with Crippen molar-refractivity contribution in [3.63, 3.8) is 0 Å². The predicted octanol–water partition coefficient (Wildman–Crippen LogP) is 2.08. The number of thioether (sulfide) groups is 1. The van der Waals surface area contributed by atoms with Crippen molar-refractivity contribution in [1.82, 2.24) is 0 Å². The monoisotopic (exact) mass is 246 g/mol. The van der Waals surface area contributed by atoms with Gasteiger partial charge in [-0.05, 0) is 37.2 Å². The molecule has 4 heteroatoms. The molecule has 1 heterocycles. The molecule has 0 aromatic heterocycles. The minimum absolute atomic E-state index is 0.0630. The molecule has 16 heavy (non-hydrogen) atoms. The number of esters is 1. The van der Waals surface area contributed by atoms with Crippen molar-refractivity contribution in [2.45, 2.75) is 39.2 Å². The Hall–Kier alpha value is -0.220. The van der Waals surface area contributed by atoms with Crippen LogP contribution in [0.1, 0.15) is 33.6 Å². The van der Waals surface area contributed by atoms with Crippen LogP contribution in [0.15, 0.2) is 0 Å². The van der Waals surface area contributed by atoms with Crippen LogP contribution in [0.5, 0.6) is 0 Å². The van der Waals surface area contributed by atoms with Crippen LogP contribution in [0, 0.1) is 11.3 Å². The molecule has 0 aromatic rings. The highest BCUT2D eigenvalue weighted by atomic mass is 32.2. The summed E-state index contributed by atoms with van der Waals surface area (Å²) in [5.41, 5.74) is -1.72. The molecule has 0 spiro atoms. The molecule has 0 aromatic carbocycles. The van der Waals surface area contributed by atoms with Crippen LogP contribution in [0.4, 0.5) is 0 Å². The van der Waals surface area contributed by atoms with Gasteiger partial charge in [0.25, 0.3) is 0 Å². The molecule has 1 fully saturated rings. The number of methoxy groups -OCH3 is 1. The second-order valence-corrected chi connectivity index (χ2v) is 6.22. The first kappa shape index (κ1) is 13.8. The summed E-state index contributed by atoms with van der Waals surface area (Å²) in [6.45, 7) is 5.77. The topological polar surface area (TPSA) is 46.5 Å². The van der Waals surface area contributed by atoms with Crippen LogP contribution >= 0.6 is 11.8 Å². The number of carbonyl (C=O) groups is 1. The fourth-order valence-corrected chi connectivity index (χ4v) is 3.57. The van der Waals surface area contributed by atoms with Crippen molar-refractivity contribution >= 4 is 17.7 Å². The third kappa shape index (κ3) is 2.09.